The topological polar surface area (TPSA) is 90.5 Å². The van der Waals surface area contributed by atoms with Gasteiger partial charge in [-0.25, -0.2) is 4.57 Å². The van der Waals surface area contributed by atoms with E-state index in [1.165, 1.54) is 11.8 Å². The Labute approximate surface area is 211 Å². The highest BCUT2D eigenvalue weighted by Crippen LogP contribution is 2.24. The minimum absolute atomic E-state index is 0.0956. The Kier molecular flexibility index (Phi) is 6.73. The molecule has 182 valence electrons. The summed E-state index contributed by atoms with van der Waals surface area (Å²) in [4.78, 5) is 26.0. The summed E-state index contributed by atoms with van der Waals surface area (Å²) in [7, 11) is 1.64. The molecule has 0 fully saturated rings. The number of para-hydroxylation sites is 2. The number of amides is 1. The summed E-state index contributed by atoms with van der Waals surface area (Å²) in [6.07, 6.45) is 0.724. The van der Waals surface area contributed by atoms with Crippen LogP contribution < -0.4 is 15.6 Å². The SMILES string of the molecule is COc1ccc(CCNC(=O)CSc2nnc3n(-c4ccccc4C)c(=O)c4ccccc4n23)cc1. The van der Waals surface area contributed by atoms with E-state index in [9.17, 15) is 9.59 Å². The zero-order chi connectivity index (χ0) is 25.1. The summed E-state index contributed by atoms with van der Waals surface area (Å²) in [6, 6.07) is 22.8. The number of ether oxygens (including phenoxy) is 1. The molecule has 3 aromatic carbocycles. The van der Waals surface area contributed by atoms with Gasteiger partial charge in [0.2, 0.25) is 11.7 Å². The molecular formula is C27H25N5O3S. The fourth-order valence-electron chi connectivity index (χ4n) is 4.12. The second-order valence-electron chi connectivity index (χ2n) is 8.30. The van der Waals surface area contributed by atoms with Crippen molar-refractivity contribution >= 4 is 34.3 Å². The van der Waals surface area contributed by atoms with E-state index < -0.39 is 0 Å². The van der Waals surface area contributed by atoms with Crippen molar-refractivity contribution in [3.63, 3.8) is 0 Å². The molecule has 0 saturated carbocycles. The summed E-state index contributed by atoms with van der Waals surface area (Å²) in [5.74, 6) is 1.30. The summed E-state index contributed by atoms with van der Waals surface area (Å²) in [6.45, 7) is 2.48. The molecule has 2 aromatic heterocycles. The highest BCUT2D eigenvalue weighted by atomic mass is 32.2. The summed E-state index contributed by atoms with van der Waals surface area (Å²) < 4.78 is 8.61. The van der Waals surface area contributed by atoms with Crippen LogP contribution in [0, 0.1) is 6.92 Å². The maximum Gasteiger partial charge on any atom is 0.267 e. The maximum atomic E-state index is 13.4. The average Bonchev–Trinajstić information content (AvgIpc) is 3.33. The first-order valence-corrected chi connectivity index (χ1v) is 12.5. The Balaban J connectivity index is 1.38. The quantitative estimate of drug-likeness (QED) is 0.327. The van der Waals surface area contributed by atoms with Crippen molar-refractivity contribution in [2.45, 2.75) is 18.5 Å². The van der Waals surface area contributed by atoms with Crippen LogP contribution in [0.3, 0.4) is 0 Å². The summed E-state index contributed by atoms with van der Waals surface area (Å²) in [5, 5.41) is 12.8. The van der Waals surface area contributed by atoms with Gasteiger partial charge in [-0.05, 0) is 54.8 Å². The number of carbonyl (C=O) groups excluding carboxylic acids is 1. The average molecular weight is 500 g/mol. The fraction of sp³-hybridized carbons (Fsp3) is 0.185. The molecule has 5 aromatic rings. The van der Waals surface area contributed by atoms with Crippen molar-refractivity contribution in [2.24, 2.45) is 0 Å². The molecule has 8 nitrogen and oxygen atoms in total. The van der Waals surface area contributed by atoms with Crippen LogP contribution in [0.5, 0.6) is 5.75 Å². The van der Waals surface area contributed by atoms with E-state index in [4.69, 9.17) is 4.74 Å². The first kappa shape index (κ1) is 23.6. The number of aryl methyl sites for hydroxylation is 1. The zero-order valence-corrected chi connectivity index (χ0v) is 20.8. The van der Waals surface area contributed by atoms with Crippen LogP contribution in [-0.2, 0) is 11.2 Å². The smallest absolute Gasteiger partial charge is 0.267 e. The van der Waals surface area contributed by atoms with Crippen molar-refractivity contribution in [3.8, 4) is 11.4 Å². The number of hydrogen-bond donors (Lipinski definition) is 1. The standard InChI is InChI=1S/C27H25N5O3S/c1-18-7-3-5-9-22(18)31-25(34)21-8-4-6-10-23(21)32-26(31)29-30-27(32)36-17-24(33)28-16-15-19-11-13-20(35-2)14-12-19/h3-14H,15-17H2,1-2H3,(H,28,33). The molecule has 9 heteroatoms. The van der Waals surface area contributed by atoms with Gasteiger partial charge in [0.05, 0.1) is 29.5 Å². The van der Waals surface area contributed by atoms with Crippen LogP contribution in [0.25, 0.3) is 22.4 Å². The number of aromatic nitrogens is 4. The van der Waals surface area contributed by atoms with Gasteiger partial charge in [-0.2, -0.15) is 0 Å². The van der Waals surface area contributed by atoms with E-state index in [2.05, 4.69) is 15.5 Å². The Hall–Kier alpha value is -4.11. The van der Waals surface area contributed by atoms with E-state index in [0.717, 1.165) is 29.0 Å². The van der Waals surface area contributed by atoms with Gasteiger partial charge in [-0.1, -0.05) is 54.2 Å². The molecule has 0 aliphatic heterocycles. The van der Waals surface area contributed by atoms with Gasteiger partial charge in [0.25, 0.3) is 5.56 Å². The molecule has 0 spiro atoms. The zero-order valence-electron chi connectivity index (χ0n) is 20.0. The van der Waals surface area contributed by atoms with Gasteiger partial charge in [0.15, 0.2) is 5.16 Å². The van der Waals surface area contributed by atoms with Gasteiger partial charge in [-0.3, -0.25) is 14.0 Å². The number of fused-ring (bicyclic) bond motifs is 3. The number of methoxy groups -OCH3 is 1. The number of nitrogens with one attached hydrogen (secondary N) is 1. The van der Waals surface area contributed by atoms with Crippen molar-refractivity contribution in [3.05, 3.63) is 94.3 Å². The van der Waals surface area contributed by atoms with Crippen molar-refractivity contribution in [1.29, 1.82) is 0 Å². The van der Waals surface area contributed by atoms with Crippen LogP contribution in [0.1, 0.15) is 11.1 Å². The Morgan fingerprint density at radius 2 is 1.75 bits per heavy atom. The number of nitrogens with zero attached hydrogens (tertiary/aromatic N) is 4. The van der Waals surface area contributed by atoms with Crippen LogP contribution in [0.15, 0.2) is 82.7 Å². The summed E-state index contributed by atoms with van der Waals surface area (Å²) in [5.41, 5.74) is 3.36. The first-order chi connectivity index (χ1) is 17.6. The minimum atomic E-state index is -0.160. The van der Waals surface area contributed by atoms with Crippen molar-refractivity contribution in [1.82, 2.24) is 24.5 Å². The lowest BCUT2D eigenvalue weighted by molar-refractivity contribution is -0.118. The monoisotopic (exact) mass is 499 g/mol. The molecular weight excluding hydrogens is 474 g/mol. The number of rotatable bonds is 8. The predicted molar refractivity (Wildman–Crippen MR) is 141 cm³/mol. The highest BCUT2D eigenvalue weighted by molar-refractivity contribution is 7.99. The second-order valence-corrected chi connectivity index (χ2v) is 9.24. The first-order valence-electron chi connectivity index (χ1n) is 11.5. The third-order valence-corrected chi connectivity index (χ3v) is 6.91. The summed E-state index contributed by atoms with van der Waals surface area (Å²) >= 11 is 1.29. The number of benzene rings is 3. The van der Waals surface area contributed by atoms with Crippen molar-refractivity contribution in [2.75, 3.05) is 19.4 Å². The molecule has 0 saturated heterocycles. The third kappa shape index (κ3) is 4.57. The van der Waals surface area contributed by atoms with Crippen LogP contribution >= 0.6 is 11.8 Å². The van der Waals surface area contributed by atoms with Gasteiger partial charge < -0.3 is 10.1 Å². The van der Waals surface area contributed by atoms with Gasteiger partial charge in [0.1, 0.15) is 5.75 Å². The van der Waals surface area contributed by atoms with Gasteiger partial charge in [0, 0.05) is 6.54 Å². The Morgan fingerprint density at radius 1 is 1.00 bits per heavy atom. The minimum Gasteiger partial charge on any atom is -0.497 e. The number of carbonyl (C=O) groups is 1. The van der Waals surface area contributed by atoms with Gasteiger partial charge in [-0.15, -0.1) is 10.2 Å². The predicted octanol–water partition coefficient (Wildman–Crippen LogP) is 3.80. The fourth-order valence-corrected chi connectivity index (χ4v) is 4.89. The van der Waals surface area contributed by atoms with E-state index in [1.807, 2.05) is 78.1 Å². The molecule has 0 unspecified atom stereocenters. The lowest BCUT2D eigenvalue weighted by Crippen LogP contribution is -2.27. The van der Waals surface area contributed by atoms with E-state index in [-0.39, 0.29) is 17.2 Å². The molecule has 0 aliphatic rings. The van der Waals surface area contributed by atoms with Crippen LogP contribution in [0.4, 0.5) is 0 Å². The van der Waals surface area contributed by atoms with Crippen LogP contribution in [-0.4, -0.2) is 44.5 Å². The van der Waals surface area contributed by atoms with E-state index >= 15 is 0 Å². The second kappa shape index (κ2) is 10.2. The van der Waals surface area contributed by atoms with E-state index in [0.29, 0.717) is 28.4 Å². The molecule has 0 bridgehead atoms. The molecule has 1 amide bonds. The molecule has 0 aliphatic carbocycles. The van der Waals surface area contributed by atoms with Gasteiger partial charge >= 0.3 is 0 Å². The lowest BCUT2D eigenvalue weighted by Gasteiger charge is -2.13. The maximum absolute atomic E-state index is 13.4. The Morgan fingerprint density at radius 3 is 2.53 bits per heavy atom. The van der Waals surface area contributed by atoms with E-state index in [1.54, 1.807) is 17.7 Å². The molecule has 0 atom stereocenters. The largest absolute Gasteiger partial charge is 0.497 e. The molecule has 1 N–H and O–H groups in total. The normalized spacial score (nSPS) is 11.2. The molecule has 5 rings (SSSR count). The third-order valence-electron chi connectivity index (χ3n) is 5.98. The molecule has 36 heavy (non-hydrogen) atoms. The highest BCUT2D eigenvalue weighted by Gasteiger charge is 2.19. The number of thioether (sulfide) groups is 1. The molecule has 0 radical (unpaired) electrons. The lowest BCUT2D eigenvalue weighted by atomic mass is 10.1. The Bertz CT molecular complexity index is 1610. The van der Waals surface area contributed by atoms with Crippen LogP contribution in [0.2, 0.25) is 0 Å². The number of hydrogen-bond acceptors (Lipinski definition) is 6. The van der Waals surface area contributed by atoms with Crippen molar-refractivity contribution < 1.29 is 9.53 Å². The molecule has 2 heterocycles.